The van der Waals surface area contributed by atoms with E-state index in [1.807, 2.05) is 0 Å². The minimum Gasteiger partial charge on any atom is -0.324 e. The molecule has 150 valence electrons. The predicted molar refractivity (Wildman–Crippen MR) is 115 cm³/mol. The molecule has 0 saturated heterocycles. The van der Waals surface area contributed by atoms with Crippen molar-refractivity contribution in [1.29, 1.82) is 0 Å². The lowest BCUT2D eigenvalue weighted by atomic mass is 9.95. The fourth-order valence-electron chi connectivity index (χ4n) is 4.06. The molecule has 6 nitrogen and oxygen atoms in total. The van der Waals surface area contributed by atoms with Crippen molar-refractivity contribution in [3.8, 4) is 0 Å². The summed E-state index contributed by atoms with van der Waals surface area (Å²) in [5.74, 6) is -0.353. The number of carbonyl (C=O) groups is 1. The number of fused-ring (bicyclic) bond motifs is 1. The van der Waals surface area contributed by atoms with Gasteiger partial charge in [-0.15, -0.1) is 0 Å². The second-order valence-electron chi connectivity index (χ2n) is 7.41. The Morgan fingerprint density at radius 1 is 1.03 bits per heavy atom. The Kier molecular flexibility index (Phi) is 5.53. The molecule has 1 aliphatic carbocycles. The number of hydrogen-bond acceptors (Lipinski definition) is 3. The van der Waals surface area contributed by atoms with Crippen LogP contribution in [0, 0.1) is 0 Å². The fraction of sp³-hybridized carbons (Fsp3) is 0.318. The van der Waals surface area contributed by atoms with Crippen LogP contribution in [0.25, 0.3) is 10.9 Å². The maximum Gasteiger partial charge on any atom is 0.332 e. The van der Waals surface area contributed by atoms with E-state index in [2.05, 4.69) is 5.32 Å². The number of nitrogens with zero attached hydrogens (tertiary/aromatic N) is 2. The second-order valence-corrected chi connectivity index (χ2v) is 7.85. The number of carbonyl (C=O) groups excluding carboxylic acids is 1. The standard InChI is InChI=1S/C22H22ClN3O3/c23-15-7-6-8-16(13-15)24-20(27)14-25-19-12-5-4-11-18(19)21(28)26(22(25)29)17-9-2-1-3-10-17/h4-8,11-13,17H,1-3,9-10,14H2,(H,24,27). The van der Waals surface area contributed by atoms with Crippen LogP contribution in [0.2, 0.25) is 5.02 Å². The smallest absolute Gasteiger partial charge is 0.324 e. The number of benzene rings is 2. The largest absolute Gasteiger partial charge is 0.332 e. The number of amides is 1. The van der Waals surface area contributed by atoms with Crippen molar-refractivity contribution in [1.82, 2.24) is 9.13 Å². The summed E-state index contributed by atoms with van der Waals surface area (Å²) in [7, 11) is 0. The van der Waals surface area contributed by atoms with Gasteiger partial charge in [-0.2, -0.15) is 0 Å². The number of nitrogens with one attached hydrogen (secondary N) is 1. The van der Waals surface area contributed by atoms with Crippen molar-refractivity contribution in [2.45, 2.75) is 44.7 Å². The zero-order valence-corrected chi connectivity index (χ0v) is 16.7. The van der Waals surface area contributed by atoms with Crippen LogP contribution in [0.1, 0.15) is 38.1 Å². The lowest BCUT2D eigenvalue weighted by molar-refractivity contribution is -0.116. The van der Waals surface area contributed by atoms with Crippen LogP contribution in [0.4, 0.5) is 5.69 Å². The van der Waals surface area contributed by atoms with Crippen LogP contribution in [-0.2, 0) is 11.3 Å². The van der Waals surface area contributed by atoms with Gasteiger partial charge in [-0.3, -0.25) is 18.7 Å². The summed E-state index contributed by atoms with van der Waals surface area (Å²) in [5.41, 5.74) is 0.321. The van der Waals surface area contributed by atoms with E-state index < -0.39 is 5.69 Å². The lowest BCUT2D eigenvalue weighted by Crippen LogP contribution is -2.44. The molecule has 0 spiro atoms. The molecule has 29 heavy (non-hydrogen) atoms. The molecule has 1 N–H and O–H groups in total. The number of anilines is 1. The topological polar surface area (TPSA) is 73.1 Å². The monoisotopic (exact) mass is 411 g/mol. The molecular weight excluding hydrogens is 390 g/mol. The van der Waals surface area contributed by atoms with Gasteiger partial charge in [0.25, 0.3) is 5.56 Å². The van der Waals surface area contributed by atoms with Crippen LogP contribution < -0.4 is 16.6 Å². The molecule has 4 rings (SSSR count). The average Bonchev–Trinajstić information content (AvgIpc) is 2.72. The van der Waals surface area contributed by atoms with Gasteiger partial charge in [0.2, 0.25) is 5.91 Å². The summed E-state index contributed by atoms with van der Waals surface area (Å²) in [6.07, 6.45) is 4.73. The highest BCUT2D eigenvalue weighted by Gasteiger charge is 2.22. The number of para-hydroxylation sites is 1. The van der Waals surface area contributed by atoms with Crippen LogP contribution in [0.5, 0.6) is 0 Å². The highest BCUT2D eigenvalue weighted by atomic mass is 35.5. The molecule has 0 radical (unpaired) electrons. The summed E-state index contributed by atoms with van der Waals surface area (Å²) in [6, 6.07) is 13.7. The zero-order valence-electron chi connectivity index (χ0n) is 15.9. The summed E-state index contributed by atoms with van der Waals surface area (Å²) >= 11 is 5.97. The molecule has 1 amide bonds. The predicted octanol–water partition coefficient (Wildman–Crippen LogP) is 3.96. The second kappa shape index (κ2) is 8.25. The number of halogens is 1. The molecule has 1 fully saturated rings. The molecular formula is C22H22ClN3O3. The Morgan fingerprint density at radius 2 is 1.79 bits per heavy atom. The number of hydrogen-bond donors (Lipinski definition) is 1. The quantitative estimate of drug-likeness (QED) is 0.706. The van der Waals surface area contributed by atoms with Crippen molar-refractivity contribution < 1.29 is 4.79 Å². The summed E-state index contributed by atoms with van der Waals surface area (Å²) in [4.78, 5) is 39.0. The van der Waals surface area contributed by atoms with E-state index in [9.17, 15) is 14.4 Å². The van der Waals surface area contributed by atoms with E-state index in [0.29, 0.717) is 21.6 Å². The van der Waals surface area contributed by atoms with Gasteiger partial charge in [-0.1, -0.05) is 49.1 Å². The third kappa shape index (κ3) is 3.98. The maximum atomic E-state index is 13.3. The van der Waals surface area contributed by atoms with Crippen LogP contribution in [0.3, 0.4) is 0 Å². The molecule has 0 unspecified atom stereocenters. The van der Waals surface area contributed by atoms with E-state index in [4.69, 9.17) is 11.6 Å². The van der Waals surface area contributed by atoms with Gasteiger partial charge in [-0.25, -0.2) is 4.79 Å². The van der Waals surface area contributed by atoms with E-state index in [-0.39, 0.29) is 24.1 Å². The number of rotatable bonds is 4. The maximum absolute atomic E-state index is 13.3. The van der Waals surface area contributed by atoms with Crippen LogP contribution in [0.15, 0.2) is 58.1 Å². The van der Waals surface area contributed by atoms with E-state index in [1.165, 1.54) is 9.13 Å². The average molecular weight is 412 g/mol. The SMILES string of the molecule is O=C(Cn1c(=O)n(C2CCCCC2)c(=O)c2ccccc21)Nc1cccc(Cl)c1. The molecule has 1 aliphatic rings. The first-order chi connectivity index (χ1) is 14.0. The molecule has 7 heteroatoms. The van der Waals surface area contributed by atoms with E-state index >= 15 is 0 Å². The van der Waals surface area contributed by atoms with Crippen molar-refractivity contribution in [2.75, 3.05) is 5.32 Å². The summed E-state index contributed by atoms with van der Waals surface area (Å²) < 4.78 is 2.75. The van der Waals surface area contributed by atoms with Gasteiger partial charge in [0.1, 0.15) is 6.54 Å². The minimum absolute atomic E-state index is 0.115. The third-order valence-electron chi connectivity index (χ3n) is 5.43. The third-order valence-corrected chi connectivity index (χ3v) is 5.67. The molecule has 3 aromatic rings. The highest BCUT2D eigenvalue weighted by Crippen LogP contribution is 2.26. The Morgan fingerprint density at radius 3 is 2.55 bits per heavy atom. The molecule has 2 aromatic carbocycles. The van der Waals surface area contributed by atoms with E-state index in [0.717, 1.165) is 32.1 Å². The minimum atomic E-state index is -0.429. The van der Waals surface area contributed by atoms with Crippen molar-refractivity contribution in [3.63, 3.8) is 0 Å². The molecule has 1 heterocycles. The van der Waals surface area contributed by atoms with Crippen molar-refractivity contribution in [2.24, 2.45) is 0 Å². The Bertz CT molecular complexity index is 1180. The first-order valence-corrected chi connectivity index (χ1v) is 10.2. The van der Waals surface area contributed by atoms with Crippen LogP contribution in [-0.4, -0.2) is 15.0 Å². The van der Waals surface area contributed by atoms with Gasteiger partial charge >= 0.3 is 5.69 Å². The van der Waals surface area contributed by atoms with Crippen molar-refractivity contribution in [3.05, 3.63) is 74.4 Å². The molecule has 0 aliphatic heterocycles. The molecule has 0 atom stereocenters. The summed E-state index contributed by atoms with van der Waals surface area (Å²) in [6.45, 7) is -0.182. The Hall–Kier alpha value is -2.86. The first kappa shape index (κ1) is 19.5. The fourth-order valence-corrected chi connectivity index (χ4v) is 4.25. The molecule has 1 saturated carbocycles. The Labute approximate surface area is 172 Å². The van der Waals surface area contributed by atoms with E-state index in [1.54, 1.807) is 48.5 Å². The normalized spacial score (nSPS) is 14.8. The highest BCUT2D eigenvalue weighted by molar-refractivity contribution is 6.30. The van der Waals surface area contributed by atoms with Crippen LogP contribution >= 0.6 is 11.6 Å². The van der Waals surface area contributed by atoms with Gasteiger partial charge in [-0.05, 0) is 43.2 Å². The first-order valence-electron chi connectivity index (χ1n) is 9.84. The Balaban J connectivity index is 1.75. The van der Waals surface area contributed by atoms with Gasteiger partial charge in [0.05, 0.1) is 10.9 Å². The molecule has 1 aromatic heterocycles. The molecule has 0 bridgehead atoms. The summed E-state index contributed by atoms with van der Waals surface area (Å²) in [5, 5.41) is 3.73. The van der Waals surface area contributed by atoms with Crippen molar-refractivity contribution >= 4 is 34.1 Å². The van der Waals surface area contributed by atoms with Gasteiger partial charge in [0, 0.05) is 16.8 Å². The lowest BCUT2D eigenvalue weighted by Gasteiger charge is -2.24. The van der Waals surface area contributed by atoms with Gasteiger partial charge < -0.3 is 5.32 Å². The van der Waals surface area contributed by atoms with Gasteiger partial charge in [0.15, 0.2) is 0 Å². The zero-order chi connectivity index (χ0) is 20.4. The number of aromatic nitrogens is 2.